The molecule has 2 N–H and O–H groups in total. The molecule has 4 aliphatic rings. The number of nitrogens with zero attached hydrogens (tertiary/aromatic N) is 2. The van der Waals surface area contributed by atoms with E-state index in [0.717, 1.165) is 32.6 Å². The molecule has 1 unspecified atom stereocenters. The van der Waals surface area contributed by atoms with E-state index in [4.69, 9.17) is 0 Å². The van der Waals surface area contributed by atoms with Crippen LogP contribution in [-0.2, 0) is 16.1 Å². The molecule has 0 aliphatic carbocycles. The van der Waals surface area contributed by atoms with Gasteiger partial charge in [-0.25, -0.2) is 4.39 Å². The van der Waals surface area contributed by atoms with Gasteiger partial charge < -0.3 is 15.1 Å². The van der Waals surface area contributed by atoms with Crippen LogP contribution in [0, 0.1) is 11.2 Å². The molecule has 3 amide bonds. The minimum Gasteiger partial charge on any atom is -0.368 e. The second-order valence-corrected chi connectivity index (χ2v) is 8.10. The van der Waals surface area contributed by atoms with Gasteiger partial charge in [-0.05, 0) is 25.0 Å². The standard InChI is InChI=1S/C19H21FN4O3/c20-16-12-7-24(14-3-4-15(25)22-17(14)26)18(27)11(12)1-2-13(16)23-6-5-19(10-23)8-21-9-19/h1-2,14,21H,3-10H2,(H,22,25,26). The van der Waals surface area contributed by atoms with E-state index in [9.17, 15) is 14.4 Å². The molecule has 1 aromatic rings. The van der Waals surface area contributed by atoms with Gasteiger partial charge in [0.25, 0.3) is 5.91 Å². The highest BCUT2D eigenvalue weighted by Crippen LogP contribution is 2.40. The molecule has 0 radical (unpaired) electrons. The Labute approximate surface area is 155 Å². The number of piperidine rings is 1. The SMILES string of the molecule is O=C1CCC(N2Cc3c(ccc(N4CCC5(CNC5)C4)c3F)C2=O)C(=O)N1. The number of benzene rings is 1. The summed E-state index contributed by atoms with van der Waals surface area (Å²) in [6.07, 6.45) is 1.51. The van der Waals surface area contributed by atoms with Gasteiger partial charge in [0.15, 0.2) is 5.82 Å². The Morgan fingerprint density at radius 3 is 2.67 bits per heavy atom. The first-order valence-corrected chi connectivity index (χ1v) is 9.39. The summed E-state index contributed by atoms with van der Waals surface area (Å²) in [7, 11) is 0. The van der Waals surface area contributed by atoms with Crippen LogP contribution in [0.5, 0.6) is 0 Å². The predicted octanol–water partition coefficient (Wildman–Crippen LogP) is 0.386. The molecule has 4 aliphatic heterocycles. The quantitative estimate of drug-likeness (QED) is 0.734. The third-order valence-electron chi connectivity index (χ3n) is 6.41. The van der Waals surface area contributed by atoms with Crippen LogP contribution in [0.1, 0.15) is 35.2 Å². The van der Waals surface area contributed by atoms with E-state index >= 15 is 4.39 Å². The van der Waals surface area contributed by atoms with Crippen LogP contribution in [0.3, 0.4) is 0 Å². The Balaban J connectivity index is 1.41. The summed E-state index contributed by atoms with van der Waals surface area (Å²) in [5, 5.41) is 5.56. The number of halogens is 1. The molecule has 0 aromatic heterocycles. The van der Waals surface area contributed by atoms with Gasteiger partial charge in [-0.15, -0.1) is 0 Å². The van der Waals surface area contributed by atoms with E-state index in [1.165, 1.54) is 4.90 Å². The number of hydrogen-bond donors (Lipinski definition) is 2. The van der Waals surface area contributed by atoms with Crippen LogP contribution in [0.15, 0.2) is 12.1 Å². The molecular weight excluding hydrogens is 351 g/mol. The molecule has 5 rings (SSSR count). The Morgan fingerprint density at radius 2 is 2.00 bits per heavy atom. The van der Waals surface area contributed by atoms with E-state index in [0.29, 0.717) is 16.8 Å². The third kappa shape index (κ3) is 2.46. The normalized spacial score (nSPS) is 26.4. The molecule has 3 fully saturated rings. The topological polar surface area (TPSA) is 81.8 Å². The van der Waals surface area contributed by atoms with Crippen LogP contribution in [0.25, 0.3) is 0 Å². The number of carbonyl (C=O) groups is 3. The highest BCUT2D eigenvalue weighted by atomic mass is 19.1. The van der Waals surface area contributed by atoms with E-state index in [1.807, 2.05) is 0 Å². The van der Waals surface area contributed by atoms with Crippen molar-refractivity contribution in [1.82, 2.24) is 15.5 Å². The molecule has 0 saturated carbocycles. The minimum absolute atomic E-state index is 0.0701. The Morgan fingerprint density at radius 1 is 1.19 bits per heavy atom. The number of anilines is 1. The molecule has 142 valence electrons. The largest absolute Gasteiger partial charge is 0.368 e. The molecule has 1 atom stereocenters. The molecule has 27 heavy (non-hydrogen) atoms. The second-order valence-electron chi connectivity index (χ2n) is 8.10. The van der Waals surface area contributed by atoms with Gasteiger partial charge in [-0.3, -0.25) is 19.7 Å². The van der Waals surface area contributed by atoms with Crippen molar-refractivity contribution in [2.24, 2.45) is 5.41 Å². The first kappa shape index (κ1) is 16.7. The molecule has 1 aromatic carbocycles. The second kappa shape index (κ2) is 5.76. The lowest BCUT2D eigenvalue weighted by Gasteiger charge is -2.39. The number of hydrogen-bond acceptors (Lipinski definition) is 5. The maximum Gasteiger partial charge on any atom is 0.255 e. The molecule has 3 saturated heterocycles. The first-order chi connectivity index (χ1) is 13.0. The lowest BCUT2D eigenvalue weighted by Crippen LogP contribution is -2.54. The molecule has 0 bridgehead atoms. The third-order valence-corrected chi connectivity index (χ3v) is 6.41. The number of amides is 3. The summed E-state index contributed by atoms with van der Waals surface area (Å²) >= 11 is 0. The molecule has 4 heterocycles. The summed E-state index contributed by atoms with van der Waals surface area (Å²) in [6, 6.07) is 2.64. The zero-order valence-electron chi connectivity index (χ0n) is 14.9. The van der Waals surface area contributed by atoms with Gasteiger partial charge >= 0.3 is 0 Å². The molecular formula is C19H21FN4O3. The van der Waals surface area contributed by atoms with Crippen LogP contribution in [-0.4, -0.2) is 54.8 Å². The van der Waals surface area contributed by atoms with Crippen molar-refractivity contribution >= 4 is 23.4 Å². The van der Waals surface area contributed by atoms with Crippen molar-refractivity contribution in [2.45, 2.75) is 31.8 Å². The first-order valence-electron chi connectivity index (χ1n) is 9.39. The number of fused-ring (bicyclic) bond motifs is 1. The van der Waals surface area contributed by atoms with Crippen LogP contribution in [0.4, 0.5) is 10.1 Å². The lowest BCUT2D eigenvalue weighted by molar-refractivity contribution is -0.136. The Kier molecular flexibility index (Phi) is 3.56. The Hall–Kier alpha value is -2.48. The average molecular weight is 372 g/mol. The average Bonchev–Trinajstić information content (AvgIpc) is 3.19. The van der Waals surface area contributed by atoms with Crippen molar-refractivity contribution in [1.29, 1.82) is 0 Å². The smallest absolute Gasteiger partial charge is 0.255 e. The van der Waals surface area contributed by atoms with Crippen molar-refractivity contribution in [2.75, 3.05) is 31.1 Å². The number of nitrogens with one attached hydrogen (secondary N) is 2. The summed E-state index contributed by atoms with van der Waals surface area (Å²) in [6.45, 7) is 3.64. The summed E-state index contributed by atoms with van der Waals surface area (Å²) < 4.78 is 15.3. The fourth-order valence-electron chi connectivity index (χ4n) is 4.74. The van der Waals surface area contributed by atoms with E-state index < -0.39 is 11.9 Å². The number of imide groups is 1. The zero-order valence-corrected chi connectivity index (χ0v) is 14.9. The van der Waals surface area contributed by atoms with Gasteiger partial charge in [0.1, 0.15) is 6.04 Å². The maximum absolute atomic E-state index is 15.3. The van der Waals surface area contributed by atoms with E-state index in [2.05, 4.69) is 15.5 Å². The van der Waals surface area contributed by atoms with Gasteiger partial charge in [0.05, 0.1) is 12.2 Å². The Bertz CT molecular complexity index is 867. The van der Waals surface area contributed by atoms with Crippen LogP contribution in [0.2, 0.25) is 0 Å². The van der Waals surface area contributed by atoms with Crippen molar-refractivity contribution in [3.05, 3.63) is 29.1 Å². The van der Waals surface area contributed by atoms with Crippen LogP contribution >= 0.6 is 0 Å². The summed E-state index contributed by atoms with van der Waals surface area (Å²) in [5.74, 6) is -1.51. The van der Waals surface area contributed by atoms with Gasteiger partial charge in [0, 0.05) is 49.1 Å². The predicted molar refractivity (Wildman–Crippen MR) is 94.6 cm³/mol. The molecule has 7 nitrogen and oxygen atoms in total. The lowest BCUT2D eigenvalue weighted by atomic mass is 9.81. The van der Waals surface area contributed by atoms with E-state index in [1.54, 1.807) is 12.1 Å². The van der Waals surface area contributed by atoms with Crippen molar-refractivity contribution < 1.29 is 18.8 Å². The van der Waals surface area contributed by atoms with Gasteiger partial charge in [0.2, 0.25) is 11.8 Å². The van der Waals surface area contributed by atoms with E-state index in [-0.39, 0.29) is 42.4 Å². The highest BCUT2D eigenvalue weighted by molar-refractivity contribution is 6.05. The maximum atomic E-state index is 15.3. The molecule has 8 heteroatoms. The number of rotatable bonds is 2. The monoisotopic (exact) mass is 372 g/mol. The summed E-state index contributed by atoms with van der Waals surface area (Å²) in [5.41, 5.74) is 1.46. The minimum atomic E-state index is -0.721. The van der Waals surface area contributed by atoms with Crippen molar-refractivity contribution in [3.63, 3.8) is 0 Å². The summed E-state index contributed by atoms with van der Waals surface area (Å²) in [4.78, 5) is 39.7. The fourth-order valence-corrected chi connectivity index (χ4v) is 4.74. The fraction of sp³-hybridized carbons (Fsp3) is 0.526. The van der Waals surface area contributed by atoms with Gasteiger partial charge in [-0.2, -0.15) is 0 Å². The number of carbonyl (C=O) groups excluding carboxylic acids is 3. The highest BCUT2D eigenvalue weighted by Gasteiger charge is 2.45. The van der Waals surface area contributed by atoms with Crippen LogP contribution < -0.4 is 15.5 Å². The van der Waals surface area contributed by atoms with Gasteiger partial charge in [-0.1, -0.05) is 0 Å². The van der Waals surface area contributed by atoms with Crippen molar-refractivity contribution in [3.8, 4) is 0 Å². The molecule has 1 spiro atoms. The zero-order chi connectivity index (χ0) is 18.8.